The van der Waals surface area contributed by atoms with Crippen LogP contribution in [0, 0.1) is 12.7 Å². The number of hydrogen-bond acceptors (Lipinski definition) is 1. The van der Waals surface area contributed by atoms with Gasteiger partial charge in [-0.05, 0) is 41.8 Å². The van der Waals surface area contributed by atoms with Crippen molar-refractivity contribution in [2.24, 2.45) is 0 Å². The van der Waals surface area contributed by atoms with E-state index in [0.717, 1.165) is 6.07 Å². The van der Waals surface area contributed by atoms with Gasteiger partial charge >= 0.3 is 0 Å². The highest BCUT2D eigenvalue weighted by molar-refractivity contribution is 7.47. The van der Waals surface area contributed by atoms with Gasteiger partial charge in [0.25, 0.3) is 8.54 Å². The lowest BCUT2D eigenvalue weighted by atomic mass is 10.1. The van der Waals surface area contributed by atoms with Crippen molar-refractivity contribution in [2.75, 3.05) is 0 Å². The molecule has 126 valence electrons. The minimum absolute atomic E-state index is 0.0814. The zero-order valence-electron chi connectivity index (χ0n) is 12.4. The molecule has 0 aliphatic carbocycles. The summed E-state index contributed by atoms with van der Waals surface area (Å²) in [6.07, 6.45) is 3.10. The van der Waals surface area contributed by atoms with Gasteiger partial charge in [0.2, 0.25) is 0 Å². The molecular formula is C17H12Cl2F3OP. The zero-order chi connectivity index (χ0) is 17.9. The Kier molecular flexibility index (Phi) is 6.45. The normalized spacial score (nSPS) is 12.8. The van der Waals surface area contributed by atoms with Gasteiger partial charge in [0.15, 0.2) is 6.29 Å². The molecule has 2 aromatic rings. The van der Waals surface area contributed by atoms with Crippen LogP contribution >= 0.6 is 31.7 Å². The summed E-state index contributed by atoms with van der Waals surface area (Å²) >= 11 is 11.9. The fourth-order valence-corrected chi connectivity index (χ4v) is 3.13. The molecular weight excluding hydrogens is 379 g/mol. The third-order valence-electron chi connectivity index (χ3n) is 3.41. The highest BCUT2D eigenvalue weighted by Crippen LogP contribution is 2.55. The van der Waals surface area contributed by atoms with Crippen molar-refractivity contribution < 1.29 is 17.6 Å². The van der Waals surface area contributed by atoms with Crippen LogP contribution in [-0.2, 0) is 0 Å². The van der Waals surface area contributed by atoms with Crippen LogP contribution in [0.3, 0.4) is 0 Å². The Hall–Kier alpha value is -1.35. The topological polar surface area (TPSA) is 17.1 Å². The van der Waals surface area contributed by atoms with Gasteiger partial charge in [-0.3, -0.25) is 4.79 Å². The van der Waals surface area contributed by atoms with Gasteiger partial charge in [0, 0.05) is 0 Å². The molecule has 0 spiro atoms. The van der Waals surface area contributed by atoms with Gasteiger partial charge in [-0.2, -0.15) is 8.39 Å². The van der Waals surface area contributed by atoms with Gasteiger partial charge < -0.3 is 0 Å². The molecule has 0 N–H and O–H groups in total. The standard InChI is InChI=1S/C17H12Cl2F3OP/c1-10-6-13(8-14(18)17(10)19)16(24(21)22)5-3-11-2-4-12(9-23)15(20)7-11/h2-9,16H,1H3/b5-3+. The van der Waals surface area contributed by atoms with Gasteiger partial charge in [-0.1, -0.05) is 47.5 Å². The van der Waals surface area contributed by atoms with Crippen LogP contribution in [0.5, 0.6) is 0 Å². The summed E-state index contributed by atoms with van der Waals surface area (Å²) in [6.45, 7) is 1.69. The van der Waals surface area contributed by atoms with Crippen molar-refractivity contribution >= 4 is 44.1 Å². The summed E-state index contributed by atoms with van der Waals surface area (Å²) in [5.74, 6) is -0.697. The number of allylic oxidation sites excluding steroid dienone is 1. The van der Waals surface area contributed by atoms with Crippen molar-refractivity contribution in [1.29, 1.82) is 0 Å². The average Bonchev–Trinajstić information content (AvgIpc) is 2.52. The molecule has 2 aromatic carbocycles. The first-order valence-corrected chi connectivity index (χ1v) is 8.77. The van der Waals surface area contributed by atoms with Gasteiger partial charge in [0.1, 0.15) is 5.82 Å². The summed E-state index contributed by atoms with van der Waals surface area (Å²) < 4.78 is 40.5. The van der Waals surface area contributed by atoms with E-state index in [9.17, 15) is 17.6 Å². The number of rotatable bonds is 5. The second-order valence-electron chi connectivity index (χ2n) is 5.10. The third-order valence-corrected chi connectivity index (χ3v) is 5.19. The molecule has 2 rings (SSSR count). The largest absolute Gasteiger partial charge is 0.298 e. The quantitative estimate of drug-likeness (QED) is 0.387. The van der Waals surface area contributed by atoms with E-state index in [1.807, 2.05) is 0 Å². The molecule has 0 amide bonds. The average molecular weight is 391 g/mol. The Morgan fingerprint density at radius 3 is 2.42 bits per heavy atom. The number of carbonyl (C=O) groups excluding carboxylic acids is 1. The molecule has 0 heterocycles. The summed E-state index contributed by atoms with van der Waals surface area (Å²) in [4.78, 5) is 10.6. The maximum absolute atomic E-state index is 13.6. The molecule has 7 heteroatoms. The fraction of sp³-hybridized carbons (Fsp3) is 0.118. The van der Waals surface area contributed by atoms with Crippen LogP contribution < -0.4 is 0 Å². The molecule has 1 atom stereocenters. The number of aldehydes is 1. The van der Waals surface area contributed by atoms with Crippen LogP contribution in [-0.4, -0.2) is 6.29 Å². The lowest BCUT2D eigenvalue weighted by molar-refractivity contribution is 0.112. The number of aryl methyl sites for hydroxylation is 1. The van der Waals surface area contributed by atoms with Gasteiger partial charge in [-0.25, -0.2) is 4.39 Å². The molecule has 0 saturated heterocycles. The monoisotopic (exact) mass is 390 g/mol. The van der Waals surface area contributed by atoms with E-state index >= 15 is 0 Å². The SMILES string of the molecule is Cc1cc(C(/C=C/c2ccc(C=O)c(F)c2)P(F)F)cc(Cl)c1Cl. The Labute approximate surface area is 149 Å². The Morgan fingerprint density at radius 2 is 1.88 bits per heavy atom. The highest BCUT2D eigenvalue weighted by Gasteiger charge is 2.22. The Balaban J connectivity index is 2.35. The van der Waals surface area contributed by atoms with Crippen molar-refractivity contribution in [3.63, 3.8) is 0 Å². The van der Waals surface area contributed by atoms with Crippen LogP contribution in [0.15, 0.2) is 36.4 Å². The fourth-order valence-electron chi connectivity index (χ4n) is 2.16. The first kappa shape index (κ1) is 19.0. The van der Waals surface area contributed by atoms with Crippen LogP contribution in [0.1, 0.15) is 32.7 Å². The van der Waals surface area contributed by atoms with E-state index < -0.39 is 20.0 Å². The van der Waals surface area contributed by atoms with E-state index in [1.165, 1.54) is 30.4 Å². The molecule has 0 bridgehead atoms. The highest BCUT2D eigenvalue weighted by atomic mass is 35.5. The number of carbonyl (C=O) groups is 1. The van der Waals surface area contributed by atoms with Crippen molar-refractivity contribution in [2.45, 2.75) is 12.6 Å². The van der Waals surface area contributed by atoms with Crippen molar-refractivity contribution in [3.8, 4) is 0 Å². The lowest BCUT2D eigenvalue weighted by Crippen LogP contribution is -1.93. The van der Waals surface area contributed by atoms with Crippen LogP contribution in [0.2, 0.25) is 10.0 Å². The molecule has 24 heavy (non-hydrogen) atoms. The van der Waals surface area contributed by atoms with E-state index in [0.29, 0.717) is 28.0 Å². The second-order valence-corrected chi connectivity index (χ2v) is 6.96. The first-order valence-electron chi connectivity index (χ1n) is 6.82. The second kappa shape index (κ2) is 8.15. The maximum atomic E-state index is 13.6. The maximum Gasteiger partial charge on any atom is 0.277 e. The lowest BCUT2D eigenvalue weighted by Gasteiger charge is -2.13. The Bertz CT molecular complexity index is 770. The van der Waals surface area contributed by atoms with E-state index in [4.69, 9.17) is 23.2 Å². The summed E-state index contributed by atoms with van der Waals surface area (Å²) in [7, 11) is -3.33. The minimum atomic E-state index is -3.33. The predicted molar refractivity (Wildman–Crippen MR) is 93.9 cm³/mol. The van der Waals surface area contributed by atoms with Gasteiger partial charge in [0.05, 0.1) is 21.3 Å². The number of hydrogen-bond donors (Lipinski definition) is 0. The van der Waals surface area contributed by atoms with E-state index in [2.05, 4.69) is 0 Å². The van der Waals surface area contributed by atoms with Crippen molar-refractivity contribution in [3.05, 3.63) is 74.5 Å². The minimum Gasteiger partial charge on any atom is -0.298 e. The molecule has 1 nitrogen and oxygen atoms in total. The summed E-state index contributed by atoms with van der Waals surface area (Å²) in [5.41, 5.74) is 0.107. The zero-order valence-corrected chi connectivity index (χ0v) is 14.8. The molecule has 0 aromatic heterocycles. The molecule has 0 saturated carbocycles. The van der Waals surface area contributed by atoms with E-state index in [-0.39, 0.29) is 10.6 Å². The smallest absolute Gasteiger partial charge is 0.277 e. The third kappa shape index (κ3) is 4.38. The summed E-state index contributed by atoms with van der Waals surface area (Å²) in [5, 5.41) is 0.542. The molecule has 0 aliphatic heterocycles. The summed E-state index contributed by atoms with van der Waals surface area (Å²) in [6, 6.07) is 6.88. The Morgan fingerprint density at radius 1 is 1.17 bits per heavy atom. The molecule has 0 aliphatic rings. The number of benzene rings is 2. The first-order chi connectivity index (χ1) is 11.3. The van der Waals surface area contributed by atoms with E-state index in [1.54, 1.807) is 13.0 Å². The van der Waals surface area contributed by atoms with Crippen molar-refractivity contribution in [1.82, 2.24) is 0 Å². The number of halogens is 5. The molecule has 1 unspecified atom stereocenters. The molecule has 0 radical (unpaired) electrons. The van der Waals surface area contributed by atoms with Gasteiger partial charge in [-0.15, -0.1) is 0 Å². The molecule has 0 fully saturated rings. The predicted octanol–water partition coefficient (Wildman–Crippen LogP) is 7.26. The van der Waals surface area contributed by atoms with Crippen LogP contribution in [0.25, 0.3) is 6.08 Å². The van der Waals surface area contributed by atoms with Crippen LogP contribution in [0.4, 0.5) is 12.8 Å².